The third-order valence-corrected chi connectivity index (χ3v) is 3.51. The van der Waals surface area contributed by atoms with Crippen molar-refractivity contribution in [1.29, 1.82) is 0 Å². The maximum Gasteiger partial charge on any atom is 0.121 e. The van der Waals surface area contributed by atoms with Gasteiger partial charge in [0.1, 0.15) is 11.9 Å². The molecule has 0 aliphatic heterocycles. The summed E-state index contributed by atoms with van der Waals surface area (Å²) in [6.45, 7) is 4.17. The van der Waals surface area contributed by atoms with Crippen LogP contribution in [0.25, 0.3) is 0 Å². The zero-order valence-electron chi connectivity index (χ0n) is 11.8. The fourth-order valence-electron chi connectivity index (χ4n) is 1.93. The topological polar surface area (TPSA) is 61.3 Å². The Bertz CT molecular complexity index is 361. The van der Waals surface area contributed by atoms with Gasteiger partial charge in [0.25, 0.3) is 0 Å². The summed E-state index contributed by atoms with van der Waals surface area (Å²) in [5.41, 5.74) is 12.1. The van der Waals surface area contributed by atoms with Crippen LogP contribution in [0.4, 0.5) is 0 Å². The third kappa shape index (κ3) is 6.28. The number of halogens is 1. The summed E-state index contributed by atoms with van der Waals surface area (Å²) < 4.78 is 6.00. The van der Waals surface area contributed by atoms with Gasteiger partial charge in [-0.3, -0.25) is 0 Å². The maximum absolute atomic E-state index is 6.03. The van der Waals surface area contributed by atoms with Crippen molar-refractivity contribution in [3.05, 3.63) is 29.3 Å². The highest BCUT2D eigenvalue weighted by molar-refractivity contribution is 6.30. The molecular weight excluding hydrogens is 260 g/mol. The van der Waals surface area contributed by atoms with Crippen LogP contribution in [0.15, 0.2) is 24.3 Å². The third-order valence-electron chi connectivity index (χ3n) is 3.28. The highest BCUT2D eigenvalue weighted by Crippen LogP contribution is 2.21. The lowest BCUT2D eigenvalue weighted by molar-refractivity contribution is 0.161. The Labute approximate surface area is 121 Å². The first kappa shape index (κ1) is 16.3. The van der Waals surface area contributed by atoms with E-state index in [-0.39, 0.29) is 18.2 Å². The van der Waals surface area contributed by atoms with Crippen molar-refractivity contribution in [2.24, 2.45) is 11.5 Å². The Morgan fingerprint density at radius 1 is 1.11 bits per heavy atom. The van der Waals surface area contributed by atoms with E-state index in [1.54, 1.807) is 0 Å². The Morgan fingerprint density at radius 3 is 2.16 bits per heavy atom. The van der Waals surface area contributed by atoms with E-state index in [4.69, 9.17) is 27.8 Å². The van der Waals surface area contributed by atoms with E-state index in [9.17, 15) is 0 Å². The first-order valence-electron chi connectivity index (χ1n) is 6.98. The molecule has 0 radical (unpaired) electrons. The fraction of sp³-hybridized carbons (Fsp3) is 0.600. The van der Waals surface area contributed by atoms with E-state index in [2.05, 4.69) is 13.8 Å². The van der Waals surface area contributed by atoms with E-state index in [1.807, 2.05) is 24.3 Å². The highest BCUT2D eigenvalue weighted by Gasteiger charge is 2.17. The molecule has 1 aromatic rings. The predicted octanol–water partition coefficient (Wildman–Crippen LogP) is 3.34. The first-order valence-corrected chi connectivity index (χ1v) is 7.36. The van der Waals surface area contributed by atoms with Crippen LogP contribution in [-0.4, -0.2) is 18.2 Å². The van der Waals surface area contributed by atoms with Crippen LogP contribution in [0.2, 0.25) is 5.02 Å². The Hall–Kier alpha value is -0.770. The van der Waals surface area contributed by atoms with Crippen molar-refractivity contribution in [2.75, 3.05) is 0 Å². The second kappa shape index (κ2) is 8.41. The molecule has 0 aliphatic rings. The molecule has 4 N–H and O–H groups in total. The van der Waals surface area contributed by atoms with Gasteiger partial charge in [-0.25, -0.2) is 0 Å². The summed E-state index contributed by atoms with van der Waals surface area (Å²) in [6, 6.07) is 7.74. The van der Waals surface area contributed by atoms with Gasteiger partial charge in [-0.05, 0) is 43.9 Å². The van der Waals surface area contributed by atoms with Crippen LogP contribution in [0, 0.1) is 0 Å². The van der Waals surface area contributed by atoms with Crippen molar-refractivity contribution in [2.45, 2.75) is 57.7 Å². The minimum atomic E-state index is 0.0448. The zero-order valence-corrected chi connectivity index (χ0v) is 12.6. The largest absolute Gasteiger partial charge is 0.490 e. The molecule has 19 heavy (non-hydrogen) atoms. The fourth-order valence-corrected chi connectivity index (χ4v) is 2.11. The van der Waals surface area contributed by atoms with Crippen LogP contribution in [-0.2, 0) is 0 Å². The van der Waals surface area contributed by atoms with E-state index in [0.717, 1.165) is 31.4 Å². The van der Waals surface area contributed by atoms with Gasteiger partial charge in [-0.15, -0.1) is 0 Å². The van der Waals surface area contributed by atoms with Crippen molar-refractivity contribution in [3.63, 3.8) is 0 Å². The maximum atomic E-state index is 6.03. The molecule has 1 rings (SSSR count). The van der Waals surface area contributed by atoms with E-state index < -0.39 is 0 Å². The molecule has 0 fully saturated rings. The van der Waals surface area contributed by atoms with Crippen LogP contribution in [0.3, 0.4) is 0 Å². The van der Waals surface area contributed by atoms with Gasteiger partial charge in [0.05, 0.1) is 0 Å². The number of nitrogens with two attached hydrogens (primary N) is 2. The van der Waals surface area contributed by atoms with Crippen LogP contribution >= 0.6 is 11.6 Å². The van der Waals surface area contributed by atoms with Crippen molar-refractivity contribution in [1.82, 2.24) is 0 Å². The number of hydrogen-bond acceptors (Lipinski definition) is 3. The Morgan fingerprint density at radius 2 is 1.68 bits per heavy atom. The SMILES string of the molecule is CCC(N)CC(CC(N)CC)Oc1cccc(Cl)c1. The quantitative estimate of drug-likeness (QED) is 0.770. The zero-order chi connectivity index (χ0) is 14.3. The molecule has 0 saturated carbocycles. The monoisotopic (exact) mass is 284 g/mol. The van der Waals surface area contributed by atoms with Crippen molar-refractivity contribution in [3.8, 4) is 5.75 Å². The van der Waals surface area contributed by atoms with Crippen molar-refractivity contribution >= 4 is 11.6 Å². The van der Waals surface area contributed by atoms with Crippen LogP contribution < -0.4 is 16.2 Å². The van der Waals surface area contributed by atoms with Gasteiger partial charge in [-0.1, -0.05) is 31.5 Å². The average Bonchev–Trinajstić information content (AvgIpc) is 2.38. The Balaban J connectivity index is 2.67. The normalized spacial score (nSPS) is 15.8. The molecule has 3 nitrogen and oxygen atoms in total. The first-order chi connectivity index (χ1) is 9.05. The van der Waals surface area contributed by atoms with E-state index in [1.165, 1.54) is 0 Å². The summed E-state index contributed by atoms with van der Waals surface area (Å²) in [6.07, 6.45) is 3.56. The number of benzene rings is 1. The molecule has 108 valence electrons. The molecular formula is C15H25ClN2O. The van der Waals surface area contributed by atoms with Crippen molar-refractivity contribution < 1.29 is 4.74 Å². The molecule has 0 spiro atoms. The summed E-state index contributed by atoms with van der Waals surface area (Å²) in [5.74, 6) is 0.782. The number of hydrogen-bond donors (Lipinski definition) is 2. The summed E-state index contributed by atoms with van der Waals surface area (Å²) in [5, 5.41) is 0.677. The van der Waals surface area contributed by atoms with Crippen LogP contribution in [0.5, 0.6) is 5.75 Å². The predicted molar refractivity (Wildman–Crippen MR) is 81.6 cm³/mol. The van der Waals surface area contributed by atoms with Gasteiger partial charge in [0.15, 0.2) is 0 Å². The van der Waals surface area contributed by atoms with E-state index in [0.29, 0.717) is 5.02 Å². The second-order valence-electron chi connectivity index (χ2n) is 5.01. The molecule has 2 unspecified atom stereocenters. The second-order valence-corrected chi connectivity index (χ2v) is 5.44. The molecule has 0 aliphatic carbocycles. The minimum absolute atomic E-state index is 0.0448. The minimum Gasteiger partial charge on any atom is -0.490 e. The molecule has 1 aromatic carbocycles. The van der Waals surface area contributed by atoms with E-state index >= 15 is 0 Å². The standard InChI is InChI=1S/C15H25ClN2O/c1-3-12(17)9-15(10-13(18)4-2)19-14-7-5-6-11(16)8-14/h5-8,12-13,15H,3-4,9-10,17-18H2,1-2H3. The molecule has 0 bridgehead atoms. The average molecular weight is 285 g/mol. The lowest BCUT2D eigenvalue weighted by Crippen LogP contribution is -2.34. The lowest BCUT2D eigenvalue weighted by Gasteiger charge is -2.24. The summed E-state index contributed by atoms with van der Waals surface area (Å²) in [4.78, 5) is 0. The Kier molecular flexibility index (Phi) is 7.21. The van der Waals surface area contributed by atoms with Gasteiger partial charge in [-0.2, -0.15) is 0 Å². The summed E-state index contributed by atoms with van der Waals surface area (Å²) in [7, 11) is 0. The van der Waals surface area contributed by atoms with Gasteiger partial charge in [0.2, 0.25) is 0 Å². The van der Waals surface area contributed by atoms with Crippen LogP contribution in [0.1, 0.15) is 39.5 Å². The number of rotatable bonds is 8. The van der Waals surface area contributed by atoms with Gasteiger partial charge in [0, 0.05) is 17.1 Å². The smallest absolute Gasteiger partial charge is 0.121 e. The molecule has 2 atom stereocenters. The van der Waals surface area contributed by atoms with Gasteiger partial charge >= 0.3 is 0 Å². The molecule has 4 heteroatoms. The molecule has 0 saturated heterocycles. The molecule has 0 amide bonds. The molecule has 0 aromatic heterocycles. The molecule has 0 heterocycles. The van der Waals surface area contributed by atoms with Gasteiger partial charge < -0.3 is 16.2 Å². The number of ether oxygens (including phenoxy) is 1. The summed E-state index contributed by atoms with van der Waals surface area (Å²) >= 11 is 5.96. The highest BCUT2D eigenvalue weighted by atomic mass is 35.5. The lowest BCUT2D eigenvalue weighted by atomic mass is 10.0.